The molecule has 1 saturated heterocycles. The first-order chi connectivity index (χ1) is 7.29. The van der Waals surface area contributed by atoms with Crippen molar-refractivity contribution in [3.8, 4) is 0 Å². The standard InChI is InChI=1S/C8H15F3N2O2S/c9-8(10,11)7-12-1-2-13-3-5-16(14,15)6-4-13/h12H,1-7H2. The highest BCUT2D eigenvalue weighted by Crippen LogP contribution is 2.11. The normalized spacial score (nSPS) is 22.2. The summed E-state index contributed by atoms with van der Waals surface area (Å²) < 4.78 is 57.4. The number of halogens is 3. The van der Waals surface area contributed by atoms with Gasteiger partial charge in [0.15, 0.2) is 9.84 Å². The van der Waals surface area contributed by atoms with Crippen molar-refractivity contribution in [2.45, 2.75) is 6.18 Å². The Morgan fingerprint density at radius 1 is 1.19 bits per heavy atom. The Morgan fingerprint density at radius 3 is 2.25 bits per heavy atom. The van der Waals surface area contributed by atoms with Crippen LogP contribution in [-0.4, -0.2) is 63.7 Å². The maximum Gasteiger partial charge on any atom is 0.401 e. The second-order valence-corrected chi connectivity index (χ2v) is 6.09. The Morgan fingerprint density at radius 2 is 1.75 bits per heavy atom. The lowest BCUT2D eigenvalue weighted by Crippen LogP contribution is -2.44. The van der Waals surface area contributed by atoms with Gasteiger partial charge < -0.3 is 10.2 Å². The van der Waals surface area contributed by atoms with Crippen LogP contribution in [0.15, 0.2) is 0 Å². The van der Waals surface area contributed by atoms with Gasteiger partial charge in [-0.2, -0.15) is 13.2 Å². The van der Waals surface area contributed by atoms with E-state index in [2.05, 4.69) is 5.32 Å². The Labute approximate surface area is 92.7 Å². The van der Waals surface area contributed by atoms with E-state index in [4.69, 9.17) is 0 Å². The maximum absolute atomic E-state index is 11.8. The zero-order valence-electron chi connectivity index (χ0n) is 8.76. The van der Waals surface area contributed by atoms with Crippen molar-refractivity contribution in [2.75, 3.05) is 44.2 Å². The molecule has 4 nitrogen and oxygen atoms in total. The minimum Gasteiger partial charge on any atom is -0.307 e. The zero-order chi connectivity index (χ0) is 12.2. The van der Waals surface area contributed by atoms with Gasteiger partial charge in [-0.15, -0.1) is 0 Å². The van der Waals surface area contributed by atoms with Crippen LogP contribution in [0.5, 0.6) is 0 Å². The third kappa shape index (κ3) is 5.66. The van der Waals surface area contributed by atoms with Gasteiger partial charge in [-0.3, -0.25) is 0 Å². The van der Waals surface area contributed by atoms with E-state index in [9.17, 15) is 21.6 Å². The Balaban J connectivity index is 2.11. The minimum absolute atomic E-state index is 0.103. The highest BCUT2D eigenvalue weighted by atomic mass is 32.2. The van der Waals surface area contributed by atoms with Crippen molar-refractivity contribution >= 4 is 9.84 Å². The molecule has 0 aromatic carbocycles. The highest BCUT2D eigenvalue weighted by Gasteiger charge is 2.26. The predicted molar refractivity (Wildman–Crippen MR) is 54.0 cm³/mol. The van der Waals surface area contributed by atoms with Gasteiger partial charge in [0.05, 0.1) is 18.1 Å². The van der Waals surface area contributed by atoms with E-state index in [1.165, 1.54) is 0 Å². The number of hydrogen-bond donors (Lipinski definition) is 1. The summed E-state index contributed by atoms with van der Waals surface area (Å²) in [5, 5.41) is 2.28. The molecule has 1 fully saturated rings. The van der Waals surface area contributed by atoms with E-state index in [1.807, 2.05) is 4.90 Å². The first kappa shape index (κ1) is 13.7. The van der Waals surface area contributed by atoms with Crippen LogP contribution in [0.4, 0.5) is 13.2 Å². The molecular formula is C8H15F3N2O2S. The molecule has 0 aliphatic carbocycles. The lowest BCUT2D eigenvalue weighted by atomic mass is 10.4. The fraction of sp³-hybridized carbons (Fsp3) is 1.00. The van der Waals surface area contributed by atoms with Crippen LogP contribution in [0.2, 0.25) is 0 Å². The Hall–Kier alpha value is -0.340. The monoisotopic (exact) mass is 260 g/mol. The van der Waals surface area contributed by atoms with E-state index in [1.54, 1.807) is 0 Å². The second-order valence-electron chi connectivity index (χ2n) is 3.79. The number of alkyl halides is 3. The summed E-state index contributed by atoms with van der Waals surface area (Å²) in [7, 11) is -2.91. The Bertz CT molecular complexity index is 302. The predicted octanol–water partition coefficient (Wildman–Crippen LogP) is -0.131. The average molecular weight is 260 g/mol. The molecule has 0 aromatic heterocycles. The molecule has 96 valence electrons. The van der Waals surface area contributed by atoms with Gasteiger partial charge in [0.1, 0.15) is 0 Å². The topological polar surface area (TPSA) is 49.4 Å². The molecule has 1 aliphatic rings. The summed E-state index contributed by atoms with van der Waals surface area (Å²) in [5.41, 5.74) is 0. The molecule has 0 atom stereocenters. The van der Waals surface area contributed by atoms with Gasteiger partial charge in [-0.1, -0.05) is 0 Å². The molecule has 1 aliphatic heterocycles. The van der Waals surface area contributed by atoms with Crippen LogP contribution in [0.25, 0.3) is 0 Å². The molecule has 1 rings (SSSR count). The molecule has 0 spiro atoms. The Kier molecular flexibility index (Phi) is 4.57. The van der Waals surface area contributed by atoms with Gasteiger partial charge in [0.2, 0.25) is 0 Å². The van der Waals surface area contributed by atoms with Crippen molar-refractivity contribution in [2.24, 2.45) is 0 Å². The number of rotatable bonds is 4. The fourth-order valence-corrected chi connectivity index (χ4v) is 2.72. The van der Waals surface area contributed by atoms with Crippen LogP contribution >= 0.6 is 0 Å². The van der Waals surface area contributed by atoms with Crippen LogP contribution in [0.3, 0.4) is 0 Å². The smallest absolute Gasteiger partial charge is 0.307 e. The molecule has 0 amide bonds. The van der Waals surface area contributed by atoms with Crippen LogP contribution in [0.1, 0.15) is 0 Å². The molecule has 0 saturated carbocycles. The number of sulfone groups is 1. The van der Waals surface area contributed by atoms with Crippen LogP contribution in [0, 0.1) is 0 Å². The average Bonchev–Trinajstić information content (AvgIpc) is 2.13. The summed E-state index contributed by atoms with van der Waals surface area (Å²) in [4.78, 5) is 1.85. The van der Waals surface area contributed by atoms with Gasteiger partial charge in [-0.05, 0) is 0 Å². The van der Waals surface area contributed by atoms with E-state index >= 15 is 0 Å². The van der Waals surface area contributed by atoms with Gasteiger partial charge >= 0.3 is 6.18 Å². The molecule has 8 heteroatoms. The second kappa shape index (κ2) is 5.33. The number of nitrogens with one attached hydrogen (secondary N) is 1. The first-order valence-corrected chi connectivity index (χ1v) is 6.81. The first-order valence-electron chi connectivity index (χ1n) is 4.99. The zero-order valence-corrected chi connectivity index (χ0v) is 9.57. The summed E-state index contributed by atoms with van der Waals surface area (Å²) in [6, 6.07) is 0. The van der Waals surface area contributed by atoms with Crippen molar-refractivity contribution in [1.82, 2.24) is 10.2 Å². The van der Waals surface area contributed by atoms with Crippen molar-refractivity contribution in [3.63, 3.8) is 0 Å². The summed E-state index contributed by atoms with van der Waals surface area (Å²) >= 11 is 0. The van der Waals surface area contributed by atoms with Gasteiger partial charge in [0.25, 0.3) is 0 Å². The van der Waals surface area contributed by atoms with Crippen LogP contribution < -0.4 is 5.32 Å². The van der Waals surface area contributed by atoms with E-state index in [-0.39, 0.29) is 18.1 Å². The van der Waals surface area contributed by atoms with Gasteiger partial charge in [0, 0.05) is 26.2 Å². The summed E-state index contributed by atoms with van der Waals surface area (Å²) in [6.07, 6.45) is -4.19. The van der Waals surface area contributed by atoms with Crippen molar-refractivity contribution < 1.29 is 21.6 Å². The molecular weight excluding hydrogens is 245 g/mol. The largest absolute Gasteiger partial charge is 0.401 e. The number of nitrogens with zero attached hydrogens (tertiary/aromatic N) is 1. The van der Waals surface area contributed by atoms with Gasteiger partial charge in [-0.25, -0.2) is 8.42 Å². The summed E-state index contributed by atoms with van der Waals surface area (Å²) in [5.74, 6) is 0.207. The highest BCUT2D eigenvalue weighted by molar-refractivity contribution is 7.91. The molecule has 0 aromatic rings. The third-order valence-electron chi connectivity index (χ3n) is 2.37. The minimum atomic E-state index is -4.19. The lowest BCUT2D eigenvalue weighted by molar-refractivity contribution is -0.124. The molecule has 1 heterocycles. The SMILES string of the molecule is O=S1(=O)CCN(CCNCC(F)(F)F)CC1. The van der Waals surface area contributed by atoms with Crippen LogP contribution in [-0.2, 0) is 9.84 Å². The summed E-state index contributed by atoms with van der Waals surface area (Å²) in [6.45, 7) is 0.496. The molecule has 0 unspecified atom stereocenters. The maximum atomic E-state index is 11.8. The quantitative estimate of drug-likeness (QED) is 0.715. The lowest BCUT2D eigenvalue weighted by Gasteiger charge is -2.26. The molecule has 16 heavy (non-hydrogen) atoms. The third-order valence-corrected chi connectivity index (χ3v) is 3.98. The molecule has 1 N–H and O–H groups in total. The van der Waals surface area contributed by atoms with E-state index in [0.29, 0.717) is 19.6 Å². The van der Waals surface area contributed by atoms with E-state index < -0.39 is 22.6 Å². The molecule has 0 bridgehead atoms. The van der Waals surface area contributed by atoms with Crippen molar-refractivity contribution in [3.05, 3.63) is 0 Å². The molecule has 0 radical (unpaired) electrons. The number of hydrogen-bond acceptors (Lipinski definition) is 4. The van der Waals surface area contributed by atoms with Crippen molar-refractivity contribution in [1.29, 1.82) is 0 Å². The van der Waals surface area contributed by atoms with E-state index in [0.717, 1.165) is 0 Å². The fourth-order valence-electron chi connectivity index (χ4n) is 1.44.